The van der Waals surface area contributed by atoms with Crippen LogP contribution in [0.4, 0.5) is 0 Å². The van der Waals surface area contributed by atoms with Gasteiger partial charge in [0.1, 0.15) is 0 Å². The Kier molecular flexibility index (Phi) is 6.82. The van der Waals surface area contributed by atoms with Crippen molar-refractivity contribution in [1.29, 1.82) is 0 Å². The Morgan fingerprint density at radius 1 is 1.05 bits per heavy atom. The van der Waals surface area contributed by atoms with Gasteiger partial charge in [-0.1, -0.05) is 34.6 Å². The van der Waals surface area contributed by atoms with Crippen molar-refractivity contribution in [1.82, 2.24) is 4.90 Å². The van der Waals surface area contributed by atoms with Gasteiger partial charge in [-0.05, 0) is 62.9 Å². The second-order valence-corrected chi connectivity index (χ2v) is 7.29. The minimum Gasteiger partial charge on any atom is -0.329 e. The zero-order valence-electron chi connectivity index (χ0n) is 13.9. The lowest BCUT2D eigenvalue weighted by Gasteiger charge is -2.44. The molecule has 0 saturated heterocycles. The summed E-state index contributed by atoms with van der Waals surface area (Å²) in [5, 5.41) is 0. The van der Waals surface area contributed by atoms with E-state index in [0.717, 1.165) is 24.3 Å². The second-order valence-electron chi connectivity index (χ2n) is 7.29. The molecule has 1 saturated carbocycles. The molecule has 0 spiro atoms. The van der Waals surface area contributed by atoms with Gasteiger partial charge in [0, 0.05) is 12.1 Å². The number of nitrogens with zero attached hydrogens (tertiary/aromatic N) is 1. The van der Waals surface area contributed by atoms with E-state index in [1.807, 2.05) is 0 Å². The van der Waals surface area contributed by atoms with Crippen molar-refractivity contribution < 1.29 is 0 Å². The fourth-order valence-corrected chi connectivity index (χ4v) is 3.22. The maximum atomic E-state index is 6.23. The van der Waals surface area contributed by atoms with E-state index in [1.165, 1.54) is 45.2 Å². The highest BCUT2D eigenvalue weighted by Crippen LogP contribution is 2.45. The second kappa shape index (κ2) is 7.64. The third kappa shape index (κ3) is 4.75. The summed E-state index contributed by atoms with van der Waals surface area (Å²) in [5.41, 5.74) is 6.53. The van der Waals surface area contributed by atoms with Gasteiger partial charge in [0.05, 0.1) is 0 Å². The molecule has 114 valence electrons. The van der Waals surface area contributed by atoms with Crippen LogP contribution in [0.1, 0.15) is 66.7 Å². The van der Waals surface area contributed by atoms with E-state index in [4.69, 9.17) is 5.73 Å². The van der Waals surface area contributed by atoms with Gasteiger partial charge in [0.15, 0.2) is 0 Å². The fraction of sp³-hybridized carbons (Fsp3) is 1.00. The summed E-state index contributed by atoms with van der Waals surface area (Å²) in [6.45, 7) is 14.9. The number of hydrogen-bond donors (Lipinski definition) is 1. The van der Waals surface area contributed by atoms with Crippen molar-refractivity contribution in [3.63, 3.8) is 0 Å². The van der Waals surface area contributed by atoms with E-state index in [1.54, 1.807) is 0 Å². The van der Waals surface area contributed by atoms with Crippen LogP contribution in [-0.2, 0) is 0 Å². The normalized spacial score (nSPS) is 19.4. The highest BCUT2D eigenvalue weighted by molar-refractivity contribution is 5.02. The highest BCUT2D eigenvalue weighted by atomic mass is 15.2. The van der Waals surface area contributed by atoms with Gasteiger partial charge in [-0.2, -0.15) is 0 Å². The molecule has 0 aromatic rings. The predicted octanol–water partition coefficient (Wildman–Crippen LogP) is 3.90. The highest BCUT2D eigenvalue weighted by Gasteiger charge is 2.46. The smallest absolute Gasteiger partial charge is 0.0357 e. The monoisotopic (exact) mass is 268 g/mol. The van der Waals surface area contributed by atoms with Gasteiger partial charge < -0.3 is 5.73 Å². The van der Waals surface area contributed by atoms with Crippen molar-refractivity contribution in [3.05, 3.63) is 0 Å². The SMILES string of the molecule is CCC(CN)(C1CC1)N(CCC(C)C)CCC(C)C. The Morgan fingerprint density at radius 2 is 1.53 bits per heavy atom. The Bertz CT molecular complexity index is 228. The summed E-state index contributed by atoms with van der Waals surface area (Å²) in [4.78, 5) is 2.75. The van der Waals surface area contributed by atoms with Gasteiger partial charge in [-0.15, -0.1) is 0 Å². The molecule has 2 heteroatoms. The van der Waals surface area contributed by atoms with Gasteiger partial charge in [0.25, 0.3) is 0 Å². The van der Waals surface area contributed by atoms with E-state index in [0.29, 0.717) is 5.54 Å². The maximum absolute atomic E-state index is 6.23. The summed E-state index contributed by atoms with van der Waals surface area (Å²) in [7, 11) is 0. The zero-order valence-corrected chi connectivity index (χ0v) is 13.9. The lowest BCUT2D eigenvalue weighted by Crippen LogP contribution is -2.56. The summed E-state index contributed by atoms with van der Waals surface area (Å²) in [6, 6.07) is 0. The van der Waals surface area contributed by atoms with Crippen molar-refractivity contribution in [2.45, 2.75) is 72.3 Å². The third-order valence-corrected chi connectivity index (χ3v) is 4.89. The Morgan fingerprint density at radius 3 is 1.79 bits per heavy atom. The zero-order chi connectivity index (χ0) is 14.5. The molecule has 0 radical (unpaired) electrons. The number of rotatable bonds is 10. The minimum atomic E-state index is 0.295. The van der Waals surface area contributed by atoms with Crippen LogP contribution in [0.2, 0.25) is 0 Å². The standard InChI is InChI=1S/C17H36N2/c1-6-17(13-18,16-7-8-16)19(11-9-14(2)3)12-10-15(4)5/h14-16H,6-13,18H2,1-5H3. The summed E-state index contributed by atoms with van der Waals surface area (Å²) < 4.78 is 0. The molecule has 0 heterocycles. The number of hydrogen-bond acceptors (Lipinski definition) is 2. The average Bonchev–Trinajstić information content (AvgIpc) is 3.17. The predicted molar refractivity (Wildman–Crippen MR) is 85.3 cm³/mol. The van der Waals surface area contributed by atoms with Gasteiger partial charge in [-0.25, -0.2) is 0 Å². The molecular formula is C17H36N2. The molecule has 1 atom stereocenters. The molecule has 0 aromatic carbocycles. The summed E-state index contributed by atoms with van der Waals surface area (Å²) in [5.74, 6) is 2.43. The lowest BCUT2D eigenvalue weighted by atomic mass is 9.86. The van der Waals surface area contributed by atoms with Crippen LogP contribution in [0.3, 0.4) is 0 Å². The van der Waals surface area contributed by atoms with Crippen molar-refractivity contribution in [3.8, 4) is 0 Å². The molecule has 0 aliphatic heterocycles. The first-order valence-electron chi connectivity index (χ1n) is 8.41. The van der Waals surface area contributed by atoms with Crippen LogP contribution in [-0.4, -0.2) is 30.1 Å². The van der Waals surface area contributed by atoms with E-state index in [9.17, 15) is 0 Å². The molecule has 1 unspecified atom stereocenters. The molecule has 1 rings (SSSR count). The molecule has 2 nitrogen and oxygen atoms in total. The summed E-state index contributed by atoms with van der Waals surface area (Å²) >= 11 is 0. The quantitative estimate of drug-likeness (QED) is 0.651. The van der Waals surface area contributed by atoms with Crippen LogP contribution in [0.15, 0.2) is 0 Å². The number of nitrogens with two attached hydrogens (primary N) is 1. The minimum absolute atomic E-state index is 0.295. The molecule has 0 bridgehead atoms. The Labute approximate surface area is 121 Å². The first-order valence-corrected chi connectivity index (χ1v) is 8.41. The van der Waals surface area contributed by atoms with E-state index < -0.39 is 0 Å². The molecule has 19 heavy (non-hydrogen) atoms. The van der Waals surface area contributed by atoms with Crippen LogP contribution in [0, 0.1) is 17.8 Å². The topological polar surface area (TPSA) is 29.3 Å². The molecule has 1 aliphatic rings. The maximum Gasteiger partial charge on any atom is 0.0357 e. The molecule has 0 amide bonds. The molecule has 1 fully saturated rings. The first-order chi connectivity index (χ1) is 8.96. The van der Waals surface area contributed by atoms with Gasteiger partial charge in [0.2, 0.25) is 0 Å². The van der Waals surface area contributed by atoms with Crippen LogP contribution in [0.25, 0.3) is 0 Å². The lowest BCUT2D eigenvalue weighted by molar-refractivity contribution is 0.0587. The summed E-state index contributed by atoms with van der Waals surface area (Å²) in [6.07, 6.45) is 6.60. The van der Waals surface area contributed by atoms with Gasteiger partial charge >= 0.3 is 0 Å². The van der Waals surface area contributed by atoms with Crippen LogP contribution in [0.5, 0.6) is 0 Å². The Hall–Kier alpha value is -0.0800. The third-order valence-electron chi connectivity index (χ3n) is 4.89. The molecule has 2 N–H and O–H groups in total. The van der Waals surface area contributed by atoms with Crippen molar-refractivity contribution in [2.24, 2.45) is 23.5 Å². The largest absolute Gasteiger partial charge is 0.329 e. The van der Waals surface area contributed by atoms with Gasteiger partial charge in [-0.3, -0.25) is 4.90 Å². The van der Waals surface area contributed by atoms with E-state index in [2.05, 4.69) is 39.5 Å². The van der Waals surface area contributed by atoms with Crippen molar-refractivity contribution in [2.75, 3.05) is 19.6 Å². The van der Waals surface area contributed by atoms with E-state index >= 15 is 0 Å². The van der Waals surface area contributed by atoms with E-state index in [-0.39, 0.29) is 0 Å². The van der Waals surface area contributed by atoms with Crippen molar-refractivity contribution >= 4 is 0 Å². The average molecular weight is 268 g/mol. The van der Waals surface area contributed by atoms with Crippen LogP contribution < -0.4 is 5.73 Å². The Balaban J connectivity index is 2.72. The molecule has 0 aromatic heterocycles. The first kappa shape index (κ1) is 17.0. The fourth-order valence-electron chi connectivity index (χ4n) is 3.22. The molecule has 1 aliphatic carbocycles. The molecular weight excluding hydrogens is 232 g/mol. The van der Waals surface area contributed by atoms with Crippen LogP contribution >= 0.6 is 0 Å².